The predicted octanol–water partition coefficient (Wildman–Crippen LogP) is 4.55. The summed E-state index contributed by atoms with van der Waals surface area (Å²) in [6.45, 7) is 0. The van der Waals surface area contributed by atoms with Crippen molar-refractivity contribution in [2.75, 3.05) is 0 Å². The van der Waals surface area contributed by atoms with Gasteiger partial charge in [0.25, 0.3) is 0 Å². The Labute approximate surface area is 117 Å². The summed E-state index contributed by atoms with van der Waals surface area (Å²) >= 11 is 10.7. The lowest BCUT2D eigenvalue weighted by Gasteiger charge is -2.09. The van der Waals surface area contributed by atoms with Crippen molar-refractivity contribution < 1.29 is 4.39 Å². The molecule has 0 aliphatic carbocycles. The van der Waals surface area contributed by atoms with Crippen LogP contribution in [0.4, 0.5) is 4.39 Å². The Morgan fingerprint density at radius 1 is 1.41 bits per heavy atom. The SMILES string of the molecule is NC(Cc1ccccc1F)c1cc(Br)c(Cl)s1. The summed E-state index contributed by atoms with van der Waals surface area (Å²) in [5, 5.41) is 0. The maximum absolute atomic E-state index is 13.5. The molecular formula is C12H10BrClFNS. The molecule has 1 unspecified atom stereocenters. The van der Waals surface area contributed by atoms with Crippen LogP contribution >= 0.6 is 38.9 Å². The van der Waals surface area contributed by atoms with Crippen molar-refractivity contribution in [3.8, 4) is 0 Å². The van der Waals surface area contributed by atoms with E-state index < -0.39 is 0 Å². The summed E-state index contributed by atoms with van der Waals surface area (Å²) < 4.78 is 15.0. The molecule has 0 aliphatic rings. The molecule has 5 heteroatoms. The molecule has 0 saturated carbocycles. The molecule has 0 aliphatic heterocycles. The van der Waals surface area contributed by atoms with Crippen molar-refractivity contribution in [3.05, 3.63) is 55.4 Å². The fraction of sp³-hybridized carbons (Fsp3) is 0.167. The van der Waals surface area contributed by atoms with E-state index in [1.807, 2.05) is 12.1 Å². The number of hydrogen-bond acceptors (Lipinski definition) is 2. The molecule has 1 heterocycles. The summed E-state index contributed by atoms with van der Waals surface area (Å²) in [5.74, 6) is -0.218. The Morgan fingerprint density at radius 3 is 2.71 bits per heavy atom. The van der Waals surface area contributed by atoms with Crippen LogP contribution in [-0.4, -0.2) is 0 Å². The van der Waals surface area contributed by atoms with E-state index in [0.29, 0.717) is 16.3 Å². The Kier molecular flexibility index (Phi) is 4.20. The summed E-state index contributed by atoms with van der Waals surface area (Å²) in [4.78, 5) is 0.949. The zero-order valence-corrected chi connectivity index (χ0v) is 11.9. The molecule has 2 rings (SSSR count). The Bertz CT molecular complexity index is 509. The first-order valence-corrected chi connectivity index (χ1v) is 7.00. The van der Waals surface area contributed by atoms with Crippen LogP contribution in [0, 0.1) is 5.82 Å². The first-order chi connectivity index (χ1) is 8.08. The molecule has 17 heavy (non-hydrogen) atoms. The van der Waals surface area contributed by atoms with E-state index in [2.05, 4.69) is 15.9 Å². The highest BCUT2D eigenvalue weighted by Crippen LogP contribution is 2.35. The molecule has 0 bridgehead atoms. The van der Waals surface area contributed by atoms with E-state index in [1.165, 1.54) is 17.4 Å². The minimum absolute atomic E-state index is 0.218. The predicted molar refractivity (Wildman–Crippen MR) is 74.1 cm³/mol. The molecule has 2 aromatic rings. The largest absolute Gasteiger partial charge is 0.323 e. The van der Waals surface area contributed by atoms with Gasteiger partial charge in [-0.15, -0.1) is 11.3 Å². The van der Waals surface area contributed by atoms with Crippen molar-refractivity contribution in [2.45, 2.75) is 12.5 Å². The third-order valence-electron chi connectivity index (χ3n) is 2.43. The zero-order valence-electron chi connectivity index (χ0n) is 8.79. The minimum Gasteiger partial charge on any atom is -0.323 e. The first kappa shape index (κ1) is 13.0. The third kappa shape index (κ3) is 3.07. The number of benzene rings is 1. The Balaban J connectivity index is 2.17. The van der Waals surface area contributed by atoms with Crippen LogP contribution in [0.5, 0.6) is 0 Å². The molecule has 0 radical (unpaired) electrons. The quantitative estimate of drug-likeness (QED) is 0.876. The van der Waals surface area contributed by atoms with Gasteiger partial charge in [0.1, 0.15) is 10.2 Å². The molecule has 1 nitrogen and oxygen atoms in total. The van der Waals surface area contributed by atoms with Gasteiger partial charge in [-0.25, -0.2) is 4.39 Å². The normalized spacial score (nSPS) is 12.7. The topological polar surface area (TPSA) is 26.0 Å². The highest BCUT2D eigenvalue weighted by atomic mass is 79.9. The second-order valence-electron chi connectivity index (χ2n) is 3.67. The van der Waals surface area contributed by atoms with Crippen LogP contribution in [0.1, 0.15) is 16.5 Å². The fourth-order valence-corrected chi connectivity index (χ4v) is 3.29. The van der Waals surface area contributed by atoms with Gasteiger partial charge in [0.15, 0.2) is 0 Å². The Hall–Kier alpha value is -0.420. The van der Waals surface area contributed by atoms with Gasteiger partial charge in [-0.2, -0.15) is 0 Å². The van der Waals surface area contributed by atoms with Crippen LogP contribution in [0.25, 0.3) is 0 Å². The number of halogens is 3. The molecule has 0 amide bonds. The van der Waals surface area contributed by atoms with Crippen LogP contribution < -0.4 is 5.73 Å². The fourth-order valence-electron chi connectivity index (χ4n) is 1.55. The minimum atomic E-state index is -0.235. The molecule has 2 N–H and O–H groups in total. The van der Waals surface area contributed by atoms with Gasteiger partial charge in [0, 0.05) is 15.4 Å². The Morgan fingerprint density at radius 2 is 2.12 bits per heavy atom. The van der Waals surface area contributed by atoms with Crippen LogP contribution in [-0.2, 0) is 6.42 Å². The smallest absolute Gasteiger partial charge is 0.126 e. The number of thiophene rings is 1. The average molecular weight is 335 g/mol. The van der Waals surface area contributed by atoms with Crippen molar-refractivity contribution in [1.82, 2.24) is 0 Å². The van der Waals surface area contributed by atoms with Crippen molar-refractivity contribution >= 4 is 38.9 Å². The highest BCUT2D eigenvalue weighted by molar-refractivity contribution is 9.10. The van der Waals surface area contributed by atoms with Gasteiger partial charge in [0.2, 0.25) is 0 Å². The van der Waals surface area contributed by atoms with E-state index >= 15 is 0 Å². The molecule has 1 aromatic carbocycles. The number of hydrogen-bond donors (Lipinski definition) is 1. The molecule has 1 aromatic heterocycles. The summed E-state index contributed by atoms with van der Waals surface area (Å²) in [6, 6.07) is 8.32. The van der Waals surface area contributed by atoms with Crippen LogP contribution in [0.15, 0.2) is 34.8 Å². The van der Waals surface area contributed by atoms with Crippen LogP contribution in [0.3, 0.4) is 0 Å². The monoisotopic (exact) mass is 333 g/mol. The van der Waals surface area contributed by atoms with Gasteiger partial charge < -0.3 is 5.73 Å². The molecule has 0 saturated heterocycles. The molecular weight excluding hydrogens is 325 g/mol. The second kappa shape index (κ2) is 5.48. The summed E-state index contributed by atoms with van der Waals surface area (Å²) in [7, 11) is 0. The number of rotatable bonds is 3. The van der Waals surface area contributed by atoms with E-state index in [-0.39, 0.29) is 11.9 Å². The van der Waals surface area contributed by atoms with Gasteiger partial charge in [0.05, 0.1) is 0 Å². The number of nitrogens with two attached hydrogens (primary N) is 1. The van der Waals surface area contributed by atoms with Crippen molar-refractivity contribution in [1.29, 1.82) is 0 Å². The second-order valence-corrected chi connectivity index (χ2v) is 6.21. The maximum atomic E-state index is 13.5. The molecule has 1 atom stereocenters. The van der Waals surface area contributed by atoms with Gasteiger partial charge in [-0.05, 0) is 40.0 Å². The lowest BCUT2D eigenvalue weighted by Crippen LogP contribution is -2.12. The van der Waals surface area contributed by atoms with Gasteiger partial charge >= 0.3 is 0 Å². The third-order valence-corrected chi connectivity index (χ3v) is 5.03. The standard InChI is InChI=1S/C12H10BrClFNS/c13-8-6-11(17-12(8)14)10(16)5-7-3-1-2-4-9(7)15/h1-4,6,10H,5,16H2. The van der Waals surface area contributed by atoms with E-state index in [0.717, 1.165) is 9.35 Å². The highest BCUT2D eigenvalue weighted by Gasteiger charge is 2.14. The lowest BCUT2D eigenvalue weighted by atomic mass is 10.1. The molecule has 0 fully saturated rings. The summed E-state index contributed by atoms with van der Waals surface area (Å²) in [5.41, 5.74) is 6.67. The average Bonchev–Trinajstić information content (AvgIpc) is 2.63. The molecule has 0 spiro atoms. The van der Waals surface area contributed by atoms with Crippen molar-refractivity contribution in [3.63, 3.8) is 0 Å². The molecule has 90 valence electrons. The van der Waals surface area contributed by atoms with Crippen molar-refractivity contribution in [2.24, 2.45) is 5.73 Å². The lowest BCUT2D eigenvalue weighted by molar-refractivity contribution is 0.595. The van der Waals surface area contributed by atoms with Gasteiger partial charge in [-0.1, -0.05) is 29.8 Å². The summed E-state index contributed by atoms with van der Waals surface area (Å²) in [6.07, 6.45) is 0.468. The van der Waals surface area contributed by atoms with E-state index in [9.17, 15) is 4.39 Å². The zero-order chi connectivity index (χ0) is 12.4. The maximum Gasteiger partial charge on any atom is 0.126 e. The van der Waals surface area contributed by atoms with Gasteiger partial charge in [-0.3, -0.25) is 0 Å². The van der Waals surface area contributed by atoms with Crippen LogP contribution in [0.2, 0.25) is 4.34 Å². The first-order valence-electron chi connectivity index (χ1n) is 5.01. The van der Waals surface area contributed by atoms with E-state index in [1.54, 1.807) is 12.1 Å². The van der Waals surface area contributed by atoms with E-state index in [4.69, 9.17) is 17.3 Å².